The van der Waals surface area contributed by atoms with Crippen LogP contribution in [0.3, 0.4) is 0 Å². The summed E-state index contributed by atoms with van der Waals surface area (Å²) < 4.78 is 5.66. The van der Waals surface area contributed by atoms with E-state index in [9.17, 15) is 0 Å². The van der Waals surface area contributed by atoms with E-state index < -0.39 is 0 Å². The molecule has 0 aliphatic rings. The molecule has 1 aromatic carbocycles. The lowest BCUT2D eigenvalue weighted by molar-refractivity contribution is 0.408. The van der Waals surface area contributed by atoms with E-state index in [-0.39, 0.29) is 10.8 Å². The molecule has 0 spiro atoms. The van der Waals surface area contributed by atoms with Crippen molar-refractivity contribution in [2.24, 2.45) is 5.73 Å². The van der Waals surface area contributed by atoms with Crippen molar-refractivity contribution >= 4 is 11.8 Å². The molecule has 0 aromatic heterocycles. The number of rotatable bonds is 5. The van der Waals surface area contributed by atoms with Crippen molar-refractivity contribution in [2.45, 2.75) is 44.9 Å². The molecule has 0 saturated carbocycles. The highest BCUT2D eigenvalue weighted by Gasteiger charge is 2.15. The average Bonchev–Trinajstić information content (AvgIpc) is 2.26. The van der Waals surface area contributed by atoms with Crippen LogP contribution in [-0.2, 0) is 6.42 Å². The van der Waals surface area contributed by atoms with Crippen molar-refractivity contribution in [1.29, 1.82) is 0 Å². The van der Waals surface area contributed by atoms with E-state index in [1.165, 1.54) is 11.1 Å². The van der Waals surface area contributed by atoms with E-state index in [4.69, 9.17) is 10.5 Å². The Hall–Kier alpha value is -0.670. The van der Waals surface area contributed by atoms with Gasteiger partial charge in [0.25, 0.3) is 0 Å². The summed E-state index contributed by atoms with van der Waals surface area (Å²) in [7, 11) is 1.71. The van der Waals surface area contributed by atoms with Gasteiger partial charge in [-0.2, -0.15) is 11.8 Å². The van der Waals surface area contributed by atoms with Crippen LogP contribution in [0.15, 0.2) is 18.2 Å². The van der Waals surface area contributed by atoms with Crippen LogP contribution in [0, 0.1) is 6.92 Å². The normalized spacial score (nSPS) is 13.4. The third kappa shape index (κ3) is 5.32. The Kier molecular flexibility index (Phi) is 5.54. The van der Waals surface area contributed by atoms with Gasteiger partial charge >= 0.3 is 0 Å². The summed E-state index contributed by atoms with van der Waals surface area (Å²) in [6.45, 7) is 8.76. The van der Waals surface area contributed by atoms with Crippen LogP contribution in [0.1, 0.15) is 31.9 Å². The Balaban J connectivity index is 2.63. The number of thioether (sulfide) groups is 1. The van der Waals surface area contributed by atoms with Gasteiger partial charge in [0.05, 0.1) is 7.11 Å². The number of nitrogens with two attached hydrogens (primary N) is 1. The highest BCUT2D eigenvalue weighted by atomic mass is 32.2. The second-order valence-electron chi connectivity index (χ2n) is 5.70. The minimum absolute atomic E-state index is 0.171. The Morgan fingerprint density at radius 1 is 1.33 bits per heavy atom. The highest BCUT2D eigenvalue weighted by molar-refractivity contribution is 8.00. The van der Waals surface area contributed by atoms with Crippen molar-refractivity contribution in [1.82, 2.24) is 0 Å². The van der Waals surface area contributed by atoms with Gasteiger partial charge in [-0.25, -0.2) is 0 Å². The number of benzene rings is 1. The van der Waals surface area contributed by atoms with Crippen LogP contribution in [0.25, 0.3) is 0 Å². The Morgan fingerprint density at radius 2 is 2.00 bits per heavy atom. The van der Waals surface area contributed by atoms with E-state index in [1.807, 2.05) is 17.8 Å². The molecule has 0 aliphatic heterocycles. The standard InChI is InChI=1S/C15H25NOS/c1-11-6-7-14(17-5)12(8-11)9-13(16)10-18-15(2,3)4/h6-8,13H,9-10,16H2,1-5H3. The first kappa shape index (κ1) is 15.4. The van der Waals surface area contributed by atoms with E-state index in [2.05, 4.69) is 39.8 Å². The number of methoxy groups -OCH3 is 1. The first-order valence-corrected chi connectivity index (χ1v) is 7.33. The van der Waals surface area contributed by atoms with Crippen LogP contribution < -0.4 is 10.5 Å². The molecule has 0 saturated heterocycles. The molecular weight excluding hydrogens is 242 g/mol. The smallest absolute Gasteiger partial charge is 0.122 e. The molecule has 102 valence electrons. The monoisotopic (exact) mass is 267 g/mol. The Bertz CT molecular complexity index is 385. The minimum Gasteiger partial charge on any atom is -0.496 e. The Morgan fingerprint density at radius 3 is 2.56 bits per heavy atom. The van der Waals surface area contributed by atoms with Crippen molar-refractivity contribution < 1.29 is 4.74 Å². The maximum absolute atomic E-state index is 6.21. The predicted octanol–water partition coefficient (Wildman–Crippen LogP) is 3.41. The summed E-state index contributed by atoms with van der Waals surface area (Å²) >= 11 is 1.91. The zero-order valence-corrected chi connectivity index (χ0v) is 12.9. The van der Waals surface area contributed by atoms with Crippen molar-refractivity contribution in [2.75, 3.05) is 12.9 Å². The maximum atomic E-state index is 6.21. The zero-order valence-electron chi connectivity index (χ0n) is 12.1. The molecule has 0 bridgehead atoms. The summed E-state index contributed by atoms with van der Waals surface area (Å²) in [5.41, 5.74) is 8.67. The van der Waals surface area contributed by atoms with Gasteiger partial charge in [0.15, 0.2) is 0 Å². The summed E-state index contributed by atoms with van der Waals surface area (Å²) in [5.74, 6) is 1.91. The van der Waals surface area contributed by atoms with Crippen LogP contribution >= 0.6 is 11.8 Å². The van der Waals surface area contributed by atoms with E-state index in [0.29, 0.717) is 0 Å². The summed E-state index contributed by atoms with van der Waals surface area (Å²) in [5, 5.41) is 0. The molecule has 1 rings (SSSR count). The quantitative estimate of drug-likeness (QED) is 0.888. The van der Waals surface area contributed by atoms with E-state index in [1.54, 1.807) is 7.11 Å². The first-order chi connectivity index (χ1) is 8.31. The predicted molar refractivity (Wildman–Crippen MR) is 81.6 cm³/mol. The van der Waals surface area contributed by atoms with Gasteiger partial charge in [0.2, 0.25) is 0 Å². The number of aryl methyl sites for hydroxylation is 1. The van der Waals surface area contributed by atoms with Gasteiger partial charge < -0.3 is 10.5 Å². The second-order valence-corrected chi connectivity index (χ2v) is 7.55. The third-order valence-corrected chi connectivity index (χ3v) is 4.11. The van der Waals surface area contributed by atoms with Crippen molar-refractivity contribution in [3.8, 4) is 5.75 Å². The number of ether oxygens (including phenoxy) is 1. The molecule has 18 heavy (non-hydrogen) atoms. The fraction of sp³-hybridized carbons (Fsp3) is 0.600. The molecule has 3 heteroatoms. The van der Waals surface area contributed by atoms with Crippen LogP contribution in [-0.4, -0.2) is 23.7 Å². The third-order valence-electron chi connectivity index (χ3n) is 2.65. The van der Waals surface area contributed by atoms with Gasteiger partial charge in [-0.15, -0.1) is 0 Å². The lowest BCUT2D eigenvalue weighted by Crippen LogP contribution is -2.28. The fourth-order valence-corrected chi connectivity index (χ4v) is 2.60. The summed E-state index contributed by atoms with van der Waals surface area (Å²) in [6.07, 6.45) is 0.869. The molecule has 1 aromatic rings. The molecule has 2 N–H and O–H groups in total. The first-order valence-electron chi connectivity index (χ1n) is 6.35. The summed E-state index contributed by atoms with van der Waals surface area (Å²) in [6, 6.07) is 6.43. The van der Waals surface area contributed by atoms with Gasteiger partial charge in [0, 0.05) is 16.5 Å². The molecule has 0 aliphatic carbocycles. The molecule has 0 fully saturated rings. The van der Waals surface area contributed by atoms with Crippen LogP contribution in [0.5, 0.6) is 5.75 Å². The molecule has 0 amide bonds. The lowest BCUT2D eigenvalue weighted by Gasteiger charge is -2.21. The van der Waals surface area contributed by atoms with Gasteiger partial charge in [-0.3, -0.25) is 0 Å². The number of hydrogen-bond donors (Lipinski definition) is 1. The van der Waals surface area contributed by atoms with Gasteiger partial charge in [-0.05, 0) is 25.0 Å². The average molecular weight is 267 g/mol. The van der Waals surface area contributed by atoms with Crippen LogP contribution in [0.2, 0.25) is 0 Å². The zero-order chi connectivity index (χ0) is 13.8. The molecule has 0 radical (unpaired) electrons. The number of hydrogen-bond acceptors (Lipinski definition) is 3. The SMILES string of the molecule is COc1ccc(C)cc1CC(N)CSC(C)(C)C. The second kappa shape index (κ2) is 6.48. The van der Waals surface area contributed by atoms with Crippen LogP contribution in [0.4, 0.5) is 0 Å². The Labute approximate surface area is 115 Å². The largest absolute Gasteiger partial charge is 0.496 e. The van der Waals surface area contributed by atoms with Gasteiger partial charge in [0.1, 0.15) is 5.75 Å². The fourth-order valence-electron chi connectivity index (χ4n) is 1.77. The van der Waals surface area contributed by atoms with Gasteiger partial charge in [-0.1, -0.05) is 38.5 Å². The molecule has 2 nitrogen and oxygen atoms in total. The molecular formula is C15H25NOS. The minimum atomic E-state index is 0.171. The highest BCUT2D eigenvalue weighted by Crippen LogP contribution is 2.26. The van der Waals surface area contributed by atoms with Crippen molar-refractivity contribution in [3.63, 3.8) is 0 Å². The van der Waals surface area contributed by atoms with E-state index in [0.717, 1.165) is 17.9 Å². The topological polar surface area (TPSA) is 35.2 Å². The molecule has 0 heterocycles. The molecule has 1 atom stereocenters. The van der Waals surface area contributed by atoms with Crippen molar-refractivity contribution in [3.05, 3.63) is 29.3 Å². The summed E-state index contributed by atoms with van der Waals surface area (Å²) in [4.78, 5) is 0. The van der Waals surface area contributed by atoms with E-state index >= 15 is 0 Å². The molecule has 1 unspecified atom stereocenters. The maximum Gasteiger partial charge on any atom is 0.122 e. The lowest BCUT2D eigenvalue weighted by atomic mass is 10.0.